The van der Waals surface area contributed by atoms with Crippen molar-refractivity contribution in [3.63, 3.8) is 0 Å². The van der Waals surface area contributed by atoms with Crippen molar-refractivity contribution in [2.45, 2.75) is 46.8 Å². The SMILES string of the molecule is Cc1ccc(CN(CCC(C)C)CC(C)O)s1. The number of hydrogen-bond acceptors (Lipinski definition) is 3. The van der Waals surface area contributed by atoms with Crippen molar-refractivity contribution < 1.29 is 5.11 Å². The van der Waals surface area contributed by atoms with E-state index in [1.54, 1.807) is 0 Å². The van der Waals surface area contributed by atoms with Crippen LogP contribution in [0.5, 0.6) is 0 Å². The highest BCUT2D eigenvalue weighted by molar-refractivity contribution is 7.11. The first-order chi connectivity index (χ1) is 7.97. The smallest absolute Gasteiger partial charge is 0.0639 e. The van der Waals surface area contributed by atoms with Gasteiger partial charge >= 0.3 is 0 Å². The zero-order valence-electron chi connectivity index (χ0n) is 11.4. The molecule has 1 N–H and O–H groups in total. The molecule has 1 unspecified atom stereocenters. The highest BCUT2D eigenvalue weighted by Crippen LogP contribution is 2.18. The molecule has 0 saturated heterocycles. The molecule has 1 rings (SSSR count). The average molecular weight is 255 g/mol. The Morgan fingerprint density at radius 1 is 1.29 bits per heavy atom. The first kappa shape index (κ1) is 14.7. The van der Waals surface area contributed by atoms with Crippen LogP contribution in [0.4, 0.5) is 0 Å². The Labute approximate surface area is 109 Å². The lowest BCUT2D eigenvalue weighted by molar-refractivity contribution is 0.119. The van der Waals surface area contributed by atoms with Crippen LogP contribution in [0.15, 0.2) is 12.1 Å². The van der Waals surface area contributed by atoms with E-state index in [4.69, 9.17) is 0 Å². The van der Waals surface area contributed by atoms with Crippen molar-refractivity contribution in [1.29, 1.82) is 0 Å². The van der Waals surface area contributed by atoms with E-state index in [1.807, 2.05) is 18.3 Å². The van der Waals surface area contributed by atoms with E-state index in [0.29, 0.717) is 0 Å². The average Bonchev–Trinajstić information content (AvgIpc) is 2.59. The number of hydrogen-bond donors (Lipinski definition) is 1. The second kappa shape index (κ2) is 7.14. The van der Waals surface area contributed by atoms with Crippen molar-refractivity contribution >= 4 is 11.3 Å². The minimum absolute atomic E-state index is 0.247. The summed E-state index contributed by atoms with van der Waals surface area (Å²) in [5.74, 6) is 0.719. The van der Waals surface area contributed by atoms with E-state index >= 15 is 0 Å². The molecule has 98 valence electrons. The van der Waals surface area contributed by atoms with Crippen molar-refractivity contribution in [2.24, 2.45) is 5.92 Å². The summed E-state index contributed by atoms with van der Waals surface area (Å²) in [6, 6.07) is 4.37. The number of rotatable bonds is 7. The molecule has 0 aliphatic carbocycles. The van der Waals surface area contributed by atoms with Crippen LogP contribution in [0.3, 0.4) is 0 Å². The lowest BCUT2D eigenvalue weighted by Gasteiger charge is -2.24. The first-order valence-corrected chi connectivity index (χ1v) is 7.24. The van der Waals surface area contributed by atoms with Gasteiger partial charge in [0, 0.05) is 22.8 Å². The number of nitrogens with zero attached hydrogens (tertiary/aromatic N) is 1. The molecular formula is C14H25NOS. The lowest BCUT2D eigenvalue weighted by Crippen LogP contribution is -2.31. The van der Waals surface area contributed by atoms with Crippen LogP contribution in [-0.4, -0.2) is 29.2 Å². The van der Waals surface area contributed by atoms with Crippen LogP contribution in [0.2, 0.25) is 0 Å². The minimum Gasteiger partial charge on any atom is -0.392 e. The normalized spacial score (nSPS) is 13.6. The summed E-state index contributed by atoms with van der Waals surface area (Å²) in [4.78, 5) is 5.11. The van der Waals surface area contributed by atoms with Crippen LogP contribution in [0, 0.1) is 12.8 Å². The van der Waals surface area contributed by atoms with Gasteiger partial charge in [0.15, 0.2) is 0 Å². The summed E-state index contributed by atoms with van der Waals surface area (Å²) in [7, 11) is 0. The largest absolute Gasteiger partial charge is 0.392 e. The Morgan fingerprint density at radius 2 is 2.00 bits per heavy atom. The Hall–Kier alpha value is -0.380. The molecule has 1 aromatic heterocycles. The van der Waals surface area contributed by atoms with Crippen LogP contribution in [0.25, 0.3) is 0 Å². The standard InChI is InChI=1S/C14H25NOS/c1-11(2)7-8-15(9-12(3)16)10-14-6-5-13(4)17-14/h5-6,11-12,16H,7-10H2,1-4H3. The topological polar surface area (TPSA) is 23.5 Å². The van der Waals surface area contributed by atoms with E-state index in [9.17, 15) is 5.11 Å². The first-order valence-electron chi connectivity index (χ1n) is 6.43. The Balaban J connectivity index is 2.50. The Morgan fingerprint density at radius 3 is 2.47 bits per heavy atom. The summed E-state index contributed by atoms with van der Waals surface area (Å²) in [6.45, 7) is 11.3. The molecule has 0 bridgehead atoms. The molecule has 0 aromatic carbocycles. The van der Waals surface area contributed by atoms with Gasteiger partial charge in [0.2, 0.25) is 0 Å². The molecule has 0 fully saturated rings. The number of thiophene rings is 1. The highest BCUT2D eigenvalue weighted by atomic mass is 32.1. The molecule has 0 aliphatic heterocycles. The lowest BCUT2D eigenvalue weighted by atomic mass is 10.1. The van der Waals surface area contributed by atoms with Gasteiger partial charge < -0.3 is 5.11 Å². The van der Waals surface area contributed by atoms with Crippen LogP contribution in [0.1, 0.15) is 36.9 Å². The van der Waals surface area contributed by atoms with Crippen molar-refractivity contribution in [3.8, 4) is 0 Å². The fourth-order valence-corrected chi connectivity index (χ4v) is 2.77. The maximum absolute atomic E-state index is 9.53. The molecule has 0 spiro atoms. The van der Waals surface area contributed by atoms with Gasteiger partial charge in [-0.3, -0.25) is 4.90 Å². The fraction of sp³-hybridized carbons (Fsp3) is 0.714. The second-order valence-corrected chi connectivity index (χ2v) is 6.65. The zero-order valence-corrected chi connectivity index (χ0v) is 12.3. The van der Waals surface area contributed by atoms with Gasteiger partial charge in [-0.05, 0) is 44.9 Å². The third-order valence-corrected chi connectivity index (χ3v) is 3.71. The predicted molar refractivity (Wildman–Crippen MR) is 75.5 cm³/mol. The molecule has 0 aliphatic rings. The van der Waals surface area contributed by atoms with E-state index in [0.717, 1.165) is 25.6 Å². The van der Waals surface area contributed by atoms with E-state index in [2.05, 4.69) is 37.8 Å². The van der Waals surface area contributed by atoms with Gasteiger partial charge in [-0.15, -0.1) is 11.3 Å². The zero-order chi connectivity index (χ0) is 12.8. The summed E-state index contributed by atoms with van der Waals surface area (Å²) in [6.07, 6.45) is 0.945. The summed E-state index contributed by atoms with van der Waals surface area (Å²) < 4.78 is 0. The molecule has 0 radical (unpaired) electrons. The Bertz CT molecular complexity index is 320. The van der Waals surface area contributed by atoms with Gasteiger partial charge in [0.25, 0.3) is 0 Å². The predicted octanol–water partition coefficient (Wildman–Crippen LogP) is 3.29. The molecule has 17 heavy (non-hydrogen) atoms. The number of aliphatic hydroxyl groups excluding tert-OH is 1. The highest BCUT2D eigenvalue weighted by Gasteiger charge is 2.10. The molecule has 3 heteroatoms. The number of aryl methyl sites for hydroxylation is 1. The van der Waals surface area contributed by atoms with Crippen molar-refractivity contribution in [3.05, 3.63) is 21.9 Å². The molecular weight excluding hydrogens is 230 g/mol. The van der Waals surface area contributed by atoms with Gasteiger partial charge in [-0.1, -0.05) is 13.8 Å². The molecule has 2 nitrogen and oxygen atoms in total. The summed E-state index contributed by atoms with van der Waals surface area (Å²) >= 11 is 1.85. The molecule has 0 saturated carbocycles. The molecule has 0 amide bonds. The van der Waals surface area contributed by atoms with E-state index < -0.39 is 0 Å². The fourth-order valence-electron chi connectivity index (χ4n) is 1.84. The maximum Gasteiger partial charge on any atom is 0.0639 e. The van der Waals surface area contributed by atoms with Crippen LogP contribution < -0.4 is 0 Å². The third-order valence-electron chi connectivity index (χ3n) is 2.72. The van der Waals surface area contributed by atoms with Crippen LogP contribution >= 0.6 is 11.3 Å². The van der Waals surface area contributed by atoms with E-state index in [1.165, 1.54) is 16.2 Å². The van der Waals surface area contributed by atoms with Crippen molar-refractivity contribution in [2.75, 3.05) is 13.1 Å². The minimum atomic E-state index is -0.247. The monoisotopic (exact) mass is 255 g/mol. The maximum atomic E-state index is 9.53. The Kier molecular flexibility index (Phi) is 6.17. The molecule has 1 heterocycles. The second-order valence-electron chi connectivity index (χ2n) is 5.28. The van der Waals surface area contributed by atoms with Gasteiger partial charge in [0.1, 0.15) is 0 Å². The van der Waals surface area contributed by atoms with Gasteiger partial charge in [0.05, 0.1) is 6.10 Å². The van der Waals surface area contributed by atoms with Gasteiger partial charge in [-0.25, -0.2) is 0 Å². The summed E-state index contributed by atoms with van der Waals surface area (Å²) in [5.41, 5.74) is 0. The molecule has 1 aromatic rings. The number of aliphatic hydroxyl groups is 1. The summed E-state index contributed by atoms with van der Waals surface area (Å²) in [5, 5.41) is 9.53. The third kappa shape index (κ3) is 6.20. The quantitative estimate of drug-likeness (QED) is 0.808. The van der Waals surface area contributed by atoms with E-state index in [-0.39, 0.29) is 6.10 Å². The van der Waals surface area contributed by atoms with Crippen LogP contribution in [-0.2, 0) is 6.54 Å². The van der Waals surface area contributed by atoms with Gasteiger partial charge in [-0.2, -0.15) is 0 Å². The molecule has 1 atom stereocenters. The van der Waals surface area contributed by atoms with Crippen molar-refractivity contribution in [1.82, 2.24) is 4.90 Å².